The molecule has 132 valence electrons. The molecule has 0 radical (unpaired) electrons. The van der Waals surface area contributed by atoms with Gasteiger partial charge in [0, 0.05) is 7.05 Å². The van der Waals surface area contributed by atoms with Gasteiger partial charge in [-0.25, -0.2) is 0 Å². The first kappa shape index (κ1) is 19.8. The number of rotatable bonds is 8. The molecule has 1 atom stereocenters. The van der Waals surface area contributed by atoms with E-state index < -0.39 is 18.6 Å². The second-order valence-corrected chi connectivity index (χ2v) is 6.80. The average Bonchev–Trinajstić information content (AvgIpc) is 2.85. The fourth-order valence-corrected chi connectivity index (χ4v) is 2.56. The van der Waals surface area contributed by atoms with Gasteiger partial charge in [-0.3, -0.25) is 9.69 Å². The molecule has 0 aliphatic rings. The molecule has 1 aromatic heterocycles. The van der Waals surface area contributed by atoms with Crippen LogP contribution in [0.1, 0.15) is 30.8 Å². The molecule has 6 nitrogen and oxygen atoms in total. The van der Waals surface area contributed by atoms with Gasteiger partial charge in [0.25, 0.3) is 0 Å². The number of likely N-dealkylation sites (N-methyl/N-ethyl adjacent to an activating group) is 2. The van der Waals surface area contributed by atoms with Gasteiger partial charge in [-0.1, -0.05) is 12.1 Å². The Bertz CT molecular complexity index is 510. The summed E-state index contributed by atoms with van der Waals surface area (Å²) >= 11 is 1.67. The monoisotopic (exact) mass is 354 g/mol. The van der Waals surface area contributed by atoms with Gasteiger partial charge in [0.2, 0.25) is 11.8 Å². The van der Waals surface area contributed by atoms with E-state index in [1.807, 2.05) is 13.8 Å². The van der Waals surface area contributed by atoms with Crippen molar-refractivity contribution in [2.75, 3.05) is 32.9 Å². The summed E-state index contributed by atoms with van der Waals surface area (Å²) in [6, 6.07) is 0. The normalized spacial score (nSPS) is 13.4. The predicted octanol–water partition coefficient (Wildman–Crippen LogP) is 2.34. The fourth-order valence-electron chi connectivity index (χ4n) is 1.82. The van der Waals surface area contributed by atoms with Crippen molar-refractivity contribution in [1.29, 1.82) is 0 Å². The third-order valence-corrected chi connectivity index (χ3v) is 3.96. The summed E-state index contributed by atoms with van der Waals surface area (Å²) in [6.07, 6.45) is -4.41. The first-order valence-corrected chi connectivity index (χ1v) is 8.10. The second-order valence-electron chi connectivity index (χ2n) is 5.18. The summed E-state index contributed by atoms with van der Waals surface area (Å²) in [4.78, 5) is 18.1. The Morgan fingerprint density at radius 1 is 1.39 bits per heavy atom. The molecule has 0 bridgehead atoms. The van der Waals surface area contributed by atoms with Crippen LogP contribution in [0.2, 0.25) is 0 Å². The number of nitrogens with zero attached hydrogens (tertiary/aromatic N) is 4. The number of hydrogen-bond acceptors (Lipinski definition) is 6. The molecule has 23 heavy (non-hydrogen) atoms. The summed E-state index contributed by atoms with van der Waals surface area (Å²) in [6.45, 7) is 2.75. The Balaban J connectivity index is 2.50. The van der Waals surface area contributed by atoms with E-state index in [9.17, 15) is 18.0 Å². The van der Waals surface area contributed by atoms with E-state index >= 15 is 0 Å². The number of amides is 1. The Labute approximate surface area is 137 Å². The fraction of sp³-hybridized carbons (Fsp3) is 0.769. The third kappa shape index (κ3) is 7.21. The lowest BCUT2D eigenvalue weighted by molar-refractivity contribution is -0.158. The number of carbonyl (C=O) groups excluding carboxylic acids is 1. The highest BCUT2D eigenvalue weighted by Crippen LogP contribution is 2.25. The van der Waals surface area contributed by atoms with Gasteiger partial charge >= 0.3 is 6.18 Å². The Hall–Kier alpha value is -1.29. The minimum absolute atomic E-state index is 0.0994. The number of hydrogen-bond donors (Lipinski definition) is 0. The molecule has 0 saturated heterocycles. The van der Waals surface area contributed by atoms with Gasteiger partial charge in [0.15, 0.2) is 5.82 Å². The molecule has 0 aromatic carbocycles. The lowest BCUT2D eigenvalue weighted by Gasteiger charge is -2.21. The van der Waals surface area contributed by atoms with Crippen molar-refractivity contribution in [1.82, 2.24) is 19.9 Å². The van der Waals surface area contributed by atoms with Crippen molar-refractivity contribution in [2.24, 2.45) is 0 Å². The van der Waals surface area contributed by atoms with Gasteiger partial charge in [-0.2, -0.15) is 29.9 Å². The molecule has 0 spiro atoms. The molecular weight excluding hydrogens is 333 g/mol. The van der Waals surface area contributed by atoms with Gasteiger partial charge < -0.3 is 9.42 Å². The van der Waals surface area contributed by atoms with E-state index in [1.54, 1.807) is 18.8 Å². The topological polar surface area (TPSA) is 62.5 Å². The van der Waals surface area contributed by atoms with Crippen molar-refractivity contribution in [3.8, 4) is 0 Å². The van der Waals surface area contributed by atoms with Crippen LogP contribution in [0.25, 0.3) is 0 Å². The molecule has 10 heteroatoms. The molecule has 0 unspecified atom stereocenters. The highest BCUT2D eigenvalue weighted by Gasteiger charge is 2.31. The summed E-state index contributed by atoms with van der Waals surface area (Å²) in [5.74, 6) is 1.20. The summed E-state index contributed by atoms with van der Waals surface area (Å²) in [5.41, 5.74) is 0. The number of carbonyl (C=O) groups is 1. The second kappa shape index (κ2) is 8.53. The quantitative estimate of drug-likeness (QED) is 0.714. The van der Waals surface area contributed by atoms with Crippen LogP contribution in [0.5, 0.6) is 0 Å². The predicted molar refractivity (Wildman–Crippen MR) is 80.9 cm³/mol. The van der Waals surface area contributed by atoms with Gasteiger partial charge in [-0.05, 0) is 19.7 Å². The van der Waals surface area contributed by atoms with Crippen molar-refractivity contribution >= 4 is 17.7 Å². The molecule has 1 rings (SSSR count). The molecule has 0 saturated carbocycles. The van der Waals surface area contributed by atoms with Crippen LogP contribution >= 0.6 is 11.8 Å². The molecule has 0 aliphatic heterocycles. The molecule has 1 amide bonds. The Kier molecular flexibility index (Phi) is 7.33. The lowest BCUT2D eigenvalue weighted by Crippen LogP contribution is -2.41. The minimum atomic E-state index is -4.41. The average molecular weight is 354 g/mol. The largest absolute Gasteiger partial charge is 0.406 e. The standard InChI is InChI=1S/C13H21F3N4O2S/c1-5-23-9(2)12-17-10(22-18-12)6-19(3)7-11(21)20(4)8-13(14,15)16/h9H,5-8H2,1-4H3/t9-/m0/s1. The third-order valence-electron chi connectivity index (χ3n) is 2.92. The maximum Gasteiger partial charge on any atom is 0.406 e. The Morgan fingerprint density at radius 3 is 2.61 bits per heavy atom. The zero-order valence-electron chi connectivity index (χ0n) is 13.6. The van der Waals surface area contributed by atoms with E-state index in [0.29, 0.717) is 16.6 Å². The van der Waals surface area contributed by atoms with Crippen molar-refractivity contribution < 1.29 is 22.5 Å². The van der Waals surface area contributed by atoms with E-state index in [2.05, 4.69) is 10.1 Å². The molecule has 1 heterocycles. The van der Waals surface area contributed by atoms with Crippen LogP contribution in [0, 0.1) is 0 Å². The zero-order valence-corrected chi connectivity index (χ0v) is 14.4. The summed E-state index contributed by atoms with van der Waals surface area (Å²) in [7, 11) is 2.73. The maximum atomic E-state index is 12.2. The van der Waals surface area contributed by atoms with Crippen molar-refractivity contribution in [3.63, 3.8) is 0 Å². The highest BCUT2D eigenvalue weighted by molar-refractivity contribution is 7.99. The molecule has 0 N–H and O–H groups in total. The van der Waals surface area contributed by atoms with Crippen LogP contribution in [-0.4, -0.2) is 65.0 Å². The van der Waals surface area contributed by atoms with E-state index in [1.165, 1.54) is 4.90 Å². The Morgan fingerprint density at radius 2 is 2.04 bits per heavy atom. The smallest absolute Gasteiger partial charge is 0.338 e. The van der Waals surface area contributed by atoms with Crippen LogP contribution < -0.4 is 0 Å². The van der Waals surface area contributed by atoms with Crippen LogP contribution in [0.4, 0.5) is 13.2 Å². The lowest BCUT2D eigenvalue weighted by atomic mass is 10.4. The molecular formula is C13H21F3N4O2S. The van der Waals surface area contributed by atoms with Crippen molar-refractivity contribution in [3.05, 3.63) is 11.7 Å². The first-order chi connectivity index (χ1) is 10.6. The van der Waals surface area contributed by atoms with Crippen LogP contribution in [-0.2, 0) is 11.3 Å². The first-order valence-electron chi connectivity index (χ1n) is 7.05. The maximum absolute atomic E-state index is 12.2. The number of halogens is 3. The van der Waals surface area contributed by atoms with Crippen LogP contribution in [0.3, 0.4) is 0 Å². The number of alkyl halides is 3. The number of aromatic nitrogens is 2. The zero-order chi connectivity index (χ0) is 17.6. The minimum Gasteiger partial charge on any atom is -0.338 e. The molecule has 0 fully saturated rings. The highest BCUT2D eigenvalue weighted by atomic mass is 32.2. The summed E-state index contributed by atoms with van der Waals surface area (Å²) in [5, 5.41) is 3.97. The molecule has 0 aliphatic carbocycles. The SMILES string of the molecule is CCS[C@@H](C)c1noc(CN(C)CC(=O)N(C)CC(F)(F)F)n1. The van der Waals surface area contributed by atoms with E-state index in [-0.39, 0.29) is 18.3 Å². The van der Waals surface area contributed by atoms with Gasteiger partial charge in [-0.15, -0.1) is 0 Å². The van der Waals surface area contributed by atoms with E-state index in [4.69, 9.17) is 4.52 Å². The summed E-state index contributed by atoms with van der Waals surface area (Å²) < 4.78 is 41.9. The van der Waals surface area contributed by atoms with Gasteiger partial charge in [0.05, 0.1) is 18.3 Å². The van der Waals surface area contributed by atoms with Gasteiger partial charge in [0.1, 0.15) is 6.54 Å². The molecule has 1 aromatic rings. The van der Waals surface area contributed by atoms with Crippen LogP contribution in [0.15, 0.2) is 4.52 Å². The van der Waals surface area contributed by atoms with E-state index in [0.717, 1.165) is 12.8 Å². The number of thioether (sulfide) groups is 1. The van der Waals surface area contributed by atoms with Crippen molar-refractivity contribution in [2.45, 2.75) is 31.8 Å².